The number of halogens is 3. The van der Waals surface area contributed by atoms with Crippen LogP contribution in [0.2, 0.25) is 0 Å². The smallest absolute Gasteiger partial charge is 0.324 e. The molecule has 3 aromatic rings. The average molecular weight is 435 g/mol. The lowest BCUT2D eigenvalue weighted by Crippen LogP contribution is -2.15. The van der Waals surface area contributed by atoms with Gasteiger partial charge in [0.1, 0.15) is 0 Å². The summed E-state index contributed by atoms with van der Waals surface area (Å²) in [7, 11) is 0. The monoisotopic (exact) mass is 435 g/mol. The molecule has 0 atom stereocenters. The first kappa shape index (κ1) is 21.5. The van der Waals surface area contributed by atoms with Crippen LogP contribution in [-0.4, -0.2) is 16.6 Å². The van der Waals surface area contributed by atoms with Gasteiger partial charge in [-0.05, 0) is 66.4 Å². The molecule has 1 amide bonds. The number of nitrogens with one attached hydrogen (secondary N) is 1. The second-order valence-corrected chi connectivity index (χ2v) is 7.66. The van der Waals surface area contributed by atoms with E-state index in [0.29, 0.717) is 5.71 Å². The van der Waals surface area contributed by atoms with E-state index < -0.39 is 17.6 Å². The van der Waals surface area contributed by atoms with Gasteiger partial charge in [-0.15, -0.1) is 0 Å². The maximum absolute atomic E-state index is 13.4. The van der Waals surface area contributed by atoms with Crippen molar-refractivity contribution in [2.24, 2.45) is 4.99 Å². The summed E-state index contributed by atoms with van der Waals surface area (Å²) in [5, 5.41) is 2.55. The summed E-state index contributed by atoms with van der Waals surface area (Å²) in [6.45, 7) is 7.33. The predicted molar refractivity (Wildman–Crippen MR) is 120 cm³/mol. The third-order valence-corrected chi connectivity index (χ3v) is 5.16. The first-order chi connectivity index (χ1) is 15.1. The Labute approximate surface area is 183 Å². The van der Waals surface area contributed by atoms with Crippen molar-refractivity contribution >= 4 is 29.1 Å². The molecule has 1 aliphatic heterocycles. The molecule has 0 saturated carbocycles. The van der Waals surface area contributed by atoms with Crippen molar-refractivity contribution in [2.75, 3.05) is 5.32 Å². The molecule has 2 heterocycles. The molecule has 162 valence electrons. The first-order valence-corrected chi connectivity index (χ1v) is 9.95. The van der Waals surface area contributed by atoms with Gasteiger partial charge in [-0.1, -0.05) is 30.9 Å². The van der Waals surface area contributed by atoms with Gasteiger partial charge < -0.3 is 5.32 Å². The van der Waals surface area contributed by atoms with Crippen molar-refractivity contribution in [1.29, 1.82) is 0 Å². The van der Waals surface area contributed by atoms with Crippen LogP contribution in [0.3, 0.4) is 0 Å². The van der Waals surface area contributed by atoms with Crippen molar-refractivity contribution in [1.82, 2.24) is 4.98 Å². The van der Waals surface area contributed by atoms with E-state index in [2.05, 4.69) is 21.9 Å². The number of aromatic nitrogens is 1. The second-order valence-electron chi connectivity index (χ2n) is 7.66. The normalized spacial score (nSPS) is 13.7. The molecule has 0 fully saturated rings. The molecule has 4 rings (SSSR count). The van der Waals surface area contributed by atoms with Crippen LogP contribution < -0.4 is 5.32 Å². The lowest BCUT2D eigenvalue weighted by molar-refractivity contribution is -0.137. The number of benzene rings is 2. The SMILES string of the molecule is C=Cc1cc2c(cc1C(F)(F)F)NC(=O)CC(c1cccc(-c3cc(C)nc(C)c3)c1)=N2. The molecule has 1 aromatic heterocycles. The zero-order valence-corrected chi connectivity index (χ0v) is 17.5. The summed E-state index contributed by atoms with van der Waals surface area (Å²) in [6.07, 6.45) is -3.49. The van der Waals surface area contributed by atoms with Crippen LogP contribution in [0.1, 0.15) is 34.5 Å². The summed E-state index contributed by atoms with van der Waals surface area (Å²) in [6, 6.07) is 13.7. The quantitative estimate of drug-likeness (QED) is 0.511. The Morgan fingerprint density at radius 3 is 2.34 bits per heavy atom. The van der Waals surface area contributed by atoms with E-state index in [0.717, 1.165) is 40.2 Å². The minimum atomic E-state index is -4.57. The number of carbonyl (C=O) groups is 1. The summed E-state index contributed by atoms with van der Waals surface area (Å²) >= 11 is 0. The highest BCUT2D eigenvalue weighted by atomic mass is 19.4. The number of anilines is 1. The number of fused-ring (bicyclic) bond motifs is 1. The van der Waals surface area contributed by atoms with Crippen molar-refractivity contribution in [3.05, 3.63) is 83.2 Å². The van der Waals surface area contributed by atoms with E-state index >= 15 is 0 Å². The summed E-state index contributed by atoms with van der Waals surface area (Å²) < 4.78 is 40.2. The zero-order chi connectivity index (χ0) is 23.0. The second kappa shape index (κ2) is 8.07. The van der Waals surface area contributed by atoms with Gasteiger partial charge in [0.2, 0.25) is 5.91 Å². The summed E-state index contributed by atoms with van der Waals surface area (Å²) in [4.78, 5) is 21.5. The van der Waals surface area contributed by atoms with Gasteiger partial charge in [0.05, 0.1) is 29.1 Å². The molecular weight excluding hydrogens is 415 g/mol. The fourth-order valence-electron chi connectivity index (χ4n) is 3.79. The molecule has 32 heavy (non-hydrogen) atoms. The van der Waals surface area contributed by atoms with E-state index in [1.54, 1.807) is 0 Å². The first-order valence-electron chi connectivity index (χ1n) is 9.95. The highest BCUT2D eigenvalue weighted by molar-refractivity contribution is 6.17. The van der Waals surface area contributed by atoms with E-state index in [-0.39, 0.29) is 23.4 Å². The number of nitrogens with zero attached hydrogens (tertiary/aromatic N) is 2. The highest BCUT2D eigenvalue weighted by Crippen LogP contribution is 2.40. The zero-order valence-electron chi connectivity index (χ0n) is 17.5. The third-order valence-electron chi connectivity index (χ3n) is 5.16. The Kier molecular flexibility index (Phi) is 5.42. The number of hydrogen-bond donors (Lipinski definition) is 1. The predicted octanol–water partition coefficient (Wildman–Crippen LogP) is 6.49. The van der Waals surface area contributed by atoms with Gasteiger partial charge in [-0.25, -0.2) is 0 Å². The Balaban J connectivity index is 1.82. The molecular formula is C25H20F3N3O. The summed E-state index contributed by atoms with van der Waals surface area (Å²) in [5.74, 6) is -0.428. The third kappa shape index (κ3) is 4.32. The largest absolute Gasteiger partial charge is 0.417 e. The van der Waals surface area contributed by atoms with Gasteiger partial charge in [-0.3, -0.25) is 14.8 Å². The molecule has 0 saturated heterocycles. The van der Waals surface area contributed by atoms with E-state index in [1.807, 2.05) is 50.2 Å². The molecule has 0 bridgehead atoms. The van der Waals surface area contributed by atoms with E-state index in [1.165, 1.54) is 6.07 Å². The summed E-state index contributed by atoms with van der Waals surface area (Å²) in [5.41, 5.74) is 4.23. The Morgan fingerprint density at radius 1 is 1.00 bits per heavy atom. The lowest BCUT2D eigenvalue weighted by atomic mass is 9.99. The maximum Gasteiger partial charge on any atom is 0.417 e. The molecule has 0 unspecified atom stereocenters. The van der Waals surface area contributed by atoms with Crippen LogP contribution >= 0.6 is 0 Å². The Hall–Kier alpha value is -3.74. The van der Waals surface area contributed by atoms with Crippen molar-refractivity contribution in [3.63, 3.8) is 0 Å². The standard InChI is InChI=1S/C25H20F3N3O/c1-4-16-11-22-23(12-20(16)25(26,27)28)31-24(32)13-21(30-22)18-7-5-6-17(10-18)19-8-14(2)29-15(3)9-19/h4-12H,1,13H2,2-3H3,(H,31,32). The van der Waals surface area contributed by atoms with Crippen LogP contribution in [0, 0.1) is 13.8 Å². The van der Waals surface area contributed by atoms with Crippen molar-refractivity contribution in [3.8, 4) is 11.1 Å². The number of rotatable bonds is 3. The molecule has 7 heteroatoms. The highest BCUT2D eigenvalue weighted by Gasteiger charge is 2.34. The van der Waals surface area contributed by atoms with Gasteiger partial charge >= 0.3 is 6.18 Å². The Bertz CT molecular complexity index is 1260. The fourth-order valence-corrected chi connectivity index (χ4v) is 3.79. The number of carbonyl (C=O) groups excluding carboxylic acids is 1. The number of aliphatic imine (C=N–C) groups is 1. The molecule has 4 nitrogen and oxygen atoms in total. The molecule has 1 N–H and O–H groups in total. The van der Waals surface area contributed by atoms with Gasteiger partial charge in [0.25, 0.3) is 0 Å². The van der Waals surface area contributed by atoms with Crippen LogP contribution in [0.25, 0.3) is 17.2 Å². The van der Waals surface area contributed by atoms with Crippen molar-refractivity contribution < 1.29 is 18.0 Å². The lowest BCUT2D eigenvalue weighted by Gasteiger charge is -2.14. The fraction of sp³-hybridized carbons (Fsp3) is 0.160. The van der Waals surface area contributed by atoms with Crippen LogP contribution in [0.15, 0.2) is 60.1 Å². The van der Waals surface area contributed by atoms with Crippen LogP contribution in [0.5, 0.6) is 0 Å². The Morgan fingerprint density at radius 2 is 1.69 bits per heavy atom. The number of pyridine rings is 1. The molecule has 0 spiro atoms. The van der Waals surface area contributed by atoms with E-state index in [4.69, 9.17) is 0 Å². The topological polar surface area (TPSA) is 54.4 Å². The molecule has 2 aromatic carbocycles. The van der Waals surface area contributed by atoms with Gasteiger partial charge in [0, 0.05) is 11.4 Å². The van der Waals surface area contributed by atoms with Crippen molar-refractivity contribution in [2.45, 2.75) is 26.4 Å². The van der Waals surface area contributed by atoms with Crippen LogP contribution in [-0.2, 0) is 11.0 Å². The minimum Gasteiger partial charge on any atom is -0.324 e. The molecule has 0 radical (unpaired) electrons. The van der Waals surface area contributed by atoms with Gasteiger partial charge in [-0.2, -0.15) is 13.2 Å². The molecule has 0 aliphatic carbocycles. The van der Waals surface area contributed by atoms with E-state index in [9.17, 15) is 18.0 Å². The molecule has 1 aliphatic rings. The number of aryl methyl sites for hydroxylation is 2. The minimum absolute atomic E-state index is 0.0273. The van der Waals surface area contributed by atoms with Crippen LogP contribution in [0.4, 0.5) is 24.5 Å². The van der Waals surface area contributed by atoms with Gasteiger partial charge in [0.15, 0.2) is 0 Å². The number of hydrogen-bond acceptors (Lipinski definition) is 3. The average Bonchev–Trinajstić information content (AvgIpc) is 2.89. The number of alkyl halides is 3. The number of amides is 1. The maximum atomic E-state index is 13.4.